The van der Waals surface area contributed by atoms with Crippen molar-refractivity contribution in [2.45, 2.75) is 13.8 Å². The van der Waals surface area contributed by atoms with Crippen molar-refractivity contribution in [3.63, 3.8) is 0 Å². The van der Waals surface area contributed by atoms with Crippen molar-refractivity contribution in [3.05, 3.63) is 35.5 Å². The molecule has 18 heavy (non-hydrogen) atoms. The van der Waals surface area contributed by atoms with E-state index < -0.39 is 0 Å². The summed E-state index contributed by atoms with van der Waals surface area (Å²) >= 11 is 0. The Bertz CT molecular complexity index is 567. The number of ether oxygens (including phenoxy) is 1. The molecule has 2 rings (SSSR count). The molecule has 0 radical (unpaired) electrons. The summed E-state index contributed by atoms with van der Waals surface area (Å²) in [7, 11) is 3.49. The van der Waals surface area contributed by atoms with Crippen LogP contribution in [0.4, 0.5) is 5.95 Å². The van der Waals surface area contributed by atoms with E-state index in [2.05, 4.69) is 15.3 Å². The highest BCUT2D eigenvalue weighted by molar-refractivity contribution is 5.65. The number of hydrogen-bond acceptors (Lipinski definition) is 4. The molecule has 0 spiro atoms. The molecular weight excluding hydrogens is 226 g/mol. The molecule has 0 bridgehead atoms. The minimum atomic E-state index is 0.639. The van der Waals surface area contributed by atoms with E-state index in [0.717, 1.165) is 28.3 Å². The summed E-state index contributed by atoms with van der Waals surface area (Å²) in [6.45, 7) is 4.01. The van der Waals surface area contributed by atoms with Gasteiger partial charge in [0.1, 0.15) is 5.75 Å². The van der Waals surface area contributed by atoms with Crippen molar-refractivity contribution in [1.82, 2.24) is 9.97 Å². The van der Waals surface area contributed by atoms with E-state index in [1.807, 2.05) is 45.2 Å². The average molecular weight is 243 g/mol. The monoisotopic (exact) mass is 243 g/mol. The summed E-state index contributed by atoms with van der Waals surface area (Å²) in [6.07, 6.45) is 0. The van der Waals surface area contributed by atoms with Crippen LogP contribution in [0, 0.1) is 13.8 Å². The zero-order valence-electron chi connectivity index (χ0n) is 11.1. The van der Waals surface area contributed by atoms with Gasteiger partial charge < -0.3 is 10.1 Å². The average Bonchev–Trinajstić information content (AvgIpc) is 2.37. The first kappa shape index (κ1) is 12.4. The Labute approximate surface area is 107 Å². The van der Waals surface area contributed by atoms with Crippen LogP contribution in [0.25, 0.3) is 11.3 Å². The Morgan fingerprint density at radius 1 is 1.11 bits per heavy atom. The highest BCUT2D eigenvalue weighted by Gasteiger charge is 2.07. The summed E-state index contributed by atoms with van der Waals surface area (Å²) in [5, 5.41) is 2.97. The number of anilines is 1. The lowest BCUT2D eigenvalue weighted by atomic mass is 10.0. The van der Waals surface area contributed by atoms with E-state index >= 15 is 0 Å². The minimum absolute atomic E-state index is 0.639. The fourth-order valence-corrected chi connectivity index (χ4v) is 1.87. The standard InChI is InChI=1S/C14H17N3O/c1-9-7-11(18-4)5-6-12(9)13-8-10(2)16-14(15-3)17-13/h5-8H,1-4H3,(H,15,16,17). The minimum Gasteiger partial charge on any atom is -0.497 e. The number of nitrogens with zero attached hydrogens (tertiary/aromatic N) is 2. The van der Waals surface area contributed by atoms with Crippen molar-refractivity contribution in [3.8, 4) is 17.0 Å². The molecule has 0 saturated heterocycles. The predicted molar refractivity (Wildman–Crippen MR) is 73.0 cm³/mol. The van der Waals surface area contributed by atoms with Crippen LogP contribution in [-0.2, 0) is 0 Å². The Hall–Kier alpha value is -2.10. The third-order valence-electron chi connectivity index (χ3n) is 2.79. The van der Waals surface area contributed by atoms with E-state index in [-0.39, 0.29) is 0 Å². The Kier molecular flexibility index (Phi) is 3.46. The molecule has 4 heteroatoms. The topological polar surface area (TPSA) is 47.0 Å². The Morgan fingerprint density at radius 2 is 1.89 bits per heavy atom. The molecule has 0 aliphatic carbocycles. The van der Waals surface area contributed by atoms with Gasteiger partial charge in [-0.15, -0.1) is 0 Å². The summed E-state index contributed by atoms with van der Waals surface area (Å²) in [5.74, 6) is 1.50. The van der Waals surface area contributed by atoms with Crippen LogP contribution in [0.3, 0.4) is 0 Å². The highest BCUT2D eigenvalue weighted by Crippen LogP contribution is 2.26. The Balaban J connectivity index is 2.51. The van der Waals surface area contributed by atoms with Gasteiger partial charge in [0.15, 0.2) is 0 Å². The summed E-state index contributed by atoms with van der Waals surface area (Å²) < 4.78 is 5.21. The molecular formula is C14H17N3O. The molecule has 4 nitrogen and oxygen atoms in total. The van der Waals surface area contributed by atoms with Gasteiger partial charge in [0.2, 0.25) is 5.95 Å². The number of hydrogen-bond donors (Lipinski definition) is 1. The zero-order valence-corrected chi connectivity index (χ0v) is 11.1. The van der Waals surface area contributed by atoms with Crippen molar-refractivity contribution < 1.29 is 4.74 Å². The van der Waals surface area contributed by atoms with Gasteiger partial charge in [-0.3, -0.25) is 0 Å². The molecule has 1 aromatic heterocycles. The molecule has 94 valence electrons. The molecule has 0 aliphatic heterocycles. The number of aryl methyl sites for hydroxylation is 2. The molecule has 0 saturated carbocycles. The fraction of sp³-hybridized carbons (Fsp3) is 0.286. The van der Waals surface area contributed by atoms with E-state index in [0.29, 0.717) is 5.95 Å². The van der Waals surface area contributed by atoms with Crippen molar-refractivity contribution >= 4 is 5.95 Å². The van der Waals surface area contributed by atoms with Crippen LogP contribution in [-0.4, -0.2) is 24.1 Å². The lowest BCUT2D eigenvalue weighted by Gasteiger charge is -2.09. The van der Waals surface area contributed by atoms with Crippen LogP contribution < -0.4 is 10.1 Å². The maximum Gasteiger partial charge on any atom is 0.223 e. The van der Waals surface area contributed by atoms with Gasteiger partial charge in [0.25, 0.3) is 0 Å². The van der Waals surface area contributed by atoms with Gasteiger partial charge in [-0.05, 0) is 43.7 Å². The first-order valence-electron chi connectivity index (χ1n) is 5.82. The zero-order chi connectivity index (χ0) is 13.1. The highest BCUT2D eigenvalue weighted by atomic mass is 16.5. The lowest BCUT2D eigenvalue weighted by Crippen LogP contribution is -2.00. The number of benzene rings is 1. The number of nitrogens with one attached hydrogen (secondary N) is 1. The lowest BCUT2D eigenvalue weighted by molar-refractivity contribution is 0.414. The first-order chi connectivity index (χ1) is 8.63. The largest absolute Gasteiger partial charge is 0.497 e. The number of aromatic nitrogens is 2. The molecule has 0 fully saturated rings. The summed E-state index contributed by atoms with van der Waals surface area (Å²) in [6, 6.07) is 7.95. The molecule has 0 amide bonds. The maximum atomic E-state index is 5.21. The third kappa shape index (κ3) is 2.42. The SMILES string of the molecule is CNc1nc(C)cc(-c2ccc(OC)cc2C)n1. The fourth-order valence-electron chi connectivity index (χ4n) is 1.87. The van der Waals surface area contributed by atoms with E-state index in [1.54, 1.807) is 7.11 Å². The van der Waals surface area contributed by atoms with Gasteiger partial charge in [0, 0.05) is 18.3 Å². The quantitative estimate of drug-likeness (QED) is 0.900. The second kappa shape index (κ2) is 5.04. The molecule has 1 N–H and O–H groups in total. The van der Waals surface area contributed by atoms with Gasteiger partial charge in [-0.1, -0.05) is 0 Å². The Morgan fingerprint density at radius 3 is 2.50 bits per heavy atom. The van der Waals surface area contributed by atoms with Crippen molar-refractivity contribution in [2.75, 3.05) is 19.5 Å². The van der Waals surface area contributed by atoms with E-state index in [1.165, 1.54) is 0 Å². The second-order valence-corrected chi connectivity index (χ2v) is 4.15. The first-order valence-corrected chi connectivity index (χ1v) is 5.82. The second-order valence-electron chi connectivity index (χ2n) is 4.15. The summed E-state index contributed by atoms with van der Waals surface area (Å²) in [4.78, 5) is 8.77. The number of methoxy groups -OCH3 is 1. The van der Waals surface area contributed by atoms with Crippen LogP contribution in [0.1, 0.15) is 11.3 Å². The van der Waals surface area contributed by atoms with E-state index in [4.69, 9.17) is 4.74 Å². The smallest absolute Gasteiger partial charge is 0.223 e. The molecule has 0 atom stereocenters. The van der Waals surface area contributed by atoms with Crippen LogP contribution in [0.15, 0.2) is 24.3 Å². The molecule has 2 aromatic rings. The van der Waals surface area contributed by atoms with Crippen LogP contribution >= 0.6 is 0 Å². The normalized spacial score (nSPS) is 10.2. The van der Waals surface area contributed by atoms with Crippen LogP contribution in [0.2, 0.25) is 0 Å². The van der Waals surface area contributed by atoms with Gasteiger partial charge in [-0.2, -0.15) is 0 Å². The van der Waals surface area contributed by atoms with Crippen molar-refractivity contribution in [2.24, 2.45) is 0 Å². The van der Waals surface area contributed by atoms with Crippen LogP contribution in [0.5, 0.6) is 5.75 Å². The number of rotatable bonds is 3. The third-order valence-corrected chi connectivity index (χ3v) is 2.79. The summed E-state index contributed by atoms with van der Waals surface area (Å²) in [5.41, 5.74) is 4.10. The van der Waals surface area contributed by atoms with Gasteiger partial charge in [-0.25, -0.2) is 9.97 Å². The molecule has 0 aliphatic rings. The molecule has 1 heterocycles. The van der Waals surface area contributed by atoms with Gasteiger partial charge >= 0.3 is 0 Å². The van der Waals surface area contributed by atoms with Gasteiger partial charge in [0.05, 0.1) is 12.8 Å². The van der Waals surface area contributed by atoms with E-state index in [9.17, 15) is 0 Å². The maximum absolute atomic E-state index is 5.21. The van der Waals surface area contributed by atoms with Crippen molar-refractivity contribution in [1.29, 1.82) is 0 Å². The molecule has 1 aromatic carbocycles. The molecule has 0 unspecified atom stereocenters. The predicted octanol–water partition coefficient (Wildman–Crippen LogP) is 2.81.